The van der Waals surface area contributed by atoms with E-state index >= 15 is 0 Å². The van der Waals surface area contributed by atoms with Crippen molar-refractivity contribution in [1.82, 2.24) is 24.9 Å². The highest BCUT2D eigenvalue weighted by atomic mass is 32.1. The van der Waals surface area contributed by atoms with Gasteiger partial charge in [-0.05, 0) is 67.6 Å². The summed E-state index contributed by atoms with van der Waals surface area (Å²) in [7, 11) is 0. The first kappa shape index (κ1) is 24.9. The Morgan fingerprint density at radius 1 is 0.561 bits per heavy atom. The van der Waals surface area contributed by atoms with Crippen LogP contribution in [-0.4, -0.2) is 35.1 Å². The molecule has 200 valence electrons. The average Bonchev–Trinajstić information content (AvgIpc) is 3.59. The second kappa shape index (κ2) is 10.1. The minimum atomic E-state index is 0.139. The summed E-state index contributed by atoms with van der Waals surface area (Å²) < 4.78 is 2.09. The van der Waals surface area contributed by atoms with Crippen LogP contribution in [0, 0.1) is 6.92 Å². The topological polar surface area (TPSA) is 129 Å². The van der Waals surface area contributed by atoms with Crippen LogP contribution in [0.25, 0.3) is 41.6 Å². The van der Waals surface area contributed by atoms with Crippen LogP contribution >= 0.6 is 22.7 Å². The van der Waals surface area contributed by atoms with Crippen molar-refractivity contribution in [2.24, 2.45) is 0 Å². The largest absolute Gasteiger partial charge is 0.507 e. The monoisotopic (exact) mass is 575 g/mol. The highest BCUT2D eigenvalue weighted by Crippen LogP contribution is 2.38. The van der Waals surface area contributed by atoms with Crippen LogP contribution in [0.15, 0.2) is 84.9 Å². The Kier molecular flexibility index (Phi) is 6.14. The molecule has 9 nitrogen and oxygen atoms in total. The van der Waals surface area contributed by atoms with Gasteiger partial charge in [0.15, 0.2) is 0 Å². The number of aromatic hydroxyl groups is 2. The van der Waals surface area contributed by atoms with Crippen molar-refractivity contribution in [3.63, 3.8) is 0 Å². The van der Waals surface area contributed by atoms with Gasteiger partial charge < -0.3 is 20.8 Å². The van der Waals surface area contributed by atoms with E-state index in [1.807, 2.05) is 60.7 Å². The molecule has 41 heavy (non-hydrogen) atoms. The third kappa shape index (κ3) is 4.99. The lowest BCUT2D eigenvalue weighted by Gasteiger charge is -2.11. The number of nitrogens with zero attached hydrogens (tertiary/aromatic N) is 5. The van der Waals surface area contributed by atoms with E-state index in [2.05, 4.69) is 35.6 Å². The number of benzene rings is 4. The molecule has 0 saturated heterocycles. The summed E-state index contributed by atoms with van der Waals surface area (Å²) >= 11 is 3.03. The van der Waals surface area contributed by atoms with Gasteiger partial charge in [0.2, 0.25) is 11.9 Å². The first-order valence-electron chi connectivity index (χ1n) is 12.6. The first-order valence-corrected chi connectivity index (χ1v) is 14.3. The number of para-hydroxylation sites is 2. The Labute approximate surface area is 241 Å². The van der Waals surface area contributed by atoms with Crippen LogP contribution in [0.5, 0.6) is 11.5 Å². The molecule has 0 atom stereocenters. The Morgan fingerprint density at radius 2 is 1.02 bits per heavy atom. The van der Waals surface area contributed by atoms with Gasteiger partial charge in [-0.25, -0.2) is 9.97 Å². The van der Waals surface area contributed by atoms with E-state index in [1.54, 1.807) is 31.2 Å². The number of aromatic nitrogens is 5. The lowest BCUT2D eigenvalue weighted by atomic mass is 10.2. The van der Waals surface area contributed by atoms with Crippen molar-refractivity contribution in [3.8, 4) is 32.6 Å². The van der Waals surface area contributed by atoms with Crippen LogP contribution in [0.1, 0.15) is 5.82 Å². The zero-order valence-electron chi connectivity index (χ0n) is 21.5. The predicted molar refractivity (Wildman–Crippen MR) is 165 cm³/mol. The zero-order chi connectivity index (χ0) is 27.9. The molecule has 0 aliphatic heterocycles. The quantitative estimate of drug-likeness (QED) is 0.148. The van der Waals surface area contributed by atoms with Gasteiger partial charge in [0.25, 0.3) is 0 Å². The van der Waals surface area contributed by atoms with Gasteiger partial charge in [-0.15, -0.1) is 22.7 Å². The maximum absolute atomic E-state index is 10.6. The van der Waals surface area contributed by atoms with Gasteiger partial charge in [-0.3, -0.25) is 0 Å². The van der Waals surface area contributed by atoms with E-state index in [9.17, 15) is 10.2 Å². The van der Waals surface area contributed by atoms with Gasteiger partial charge in [0.1, 0.15) is 27.3 Å². The number of nitrogens with one attached hydrogen (secondary N) is 2. The number of phenols is 2. The molecule has 7 aromatic rings. The molecule has 0 bridgehead atoms. The number of phenolic OH excluding ortho intramolecular Hbond substituents is 2. The molecule has 11 heteroatoms. The SMILES string of the molecule is Cc1nc(Nc2ccc(O)c(-c3nc4ccccc4s3)c2)nc(Nc2ccc(O)c(-c3nc4ccccc4s3)c2)n1. The molecule has 3 aromatic heterocycles. The lowest BCUT2D eigenvalue weighted by molar-refractivity contribution is 0.477. The fourth-order valence-electron chi connectivity index (χ4n) is 4.40. The molecule has 0 spiro atoms. The first-order chi connectivity index (χ1) is 20.0. The van der Waals surface area contributed by atoms with Crippen molar-refractivity contribution in [2.45, 2.75) is 6.92 Å². The summed E-state index contributed by atoms with van der Waals surface area (Å²) in [6.07, 6.45) is 0. The fourth-order valence-corrected chi connectivity index (χ4v) is 6.38. The molecule has 0 radical (unpaired) electrons. The maximum Gasteiger partial charge on any atom is 0.232 e. The standard InChI is InChI=1S/C30H21N7O2S2/c1-16-31-29(33-17-10-12-23(38)19(14-17)27-35-21-6-2-4-8-25(21)40-27)37-30(32-16)34-18-11-13-24(39)20(15-18)28-36-22-7-3-5-9-26(22)41-28/h2-15,38-39H,1H3,(H2,31,32,33,34,37). The second-order valence-electron chi connectivity index (χ2n) is 9.22. The molecule has 0 aliphatic carbocycles. The summed E-state index contributed by atoms with van der Waals surface area (Å²) in [6, 6.07) is 26.1. The predicted octanol–water partition coefficient (Wildman–Crippen LogP) is 7.63. The van der Waals surface area contributed by atoms with Crippen LogP contribution in [0.2, 0.25) is 0 Å². The Balaban J connectivity index is 1.16. The summed E-state index contributed by atoms with van der Waals surface area (Å²) in [5.74, 6) is 1.47. The van der Waals surface area contributed by atoms with Gasteiger partial charge in [0, 0.05) is 11.4 Å². The van der Waals surface area contributed by atoms with Gasteiger partial charge >= 0.3 is 0 Å². The molecule has 0 unspecified atom stereocenters. The maximum atomic E-state index is 10.6. The van der Waals surface area contributed by atoms with E-state index in [0.717, 1.165) is 30.4 Å². The van der Waals surface area contributed by atoms with E-state index in [0.29, 0.717) is 40.2 Å². The van der Waals surface area contributed by atoms with Crippen molar-refractivity contribution in [1.29, 1.82) is 0 Å². The molecule has 0 amide bonds. The molecule has 3 heterocycles. The second-order valence-corrected chi connectivity index (χ2v) is 11.3. The van der Waals surface area contributed by atoms with E-state index in [-0.39, 0.29) is 11.5 Å². The molecule has 0 aliphatic rings. The van der Waals surface area contributed by atoms with Crippen molar-refractivity contribution in [2.75, 3.05) is 10.6 Å². The summed E-state index contributed by atoms with van der Waals surface area (Å²) in [4.78, 5) is 22.8. The number of anilines is 4. The van der Waals surface area contributed by atoms with E-state index < -0.39 is 0 Å². The molecule has 0 saturated carbocycles. The molecule has 4 N–H and O–H groups in total. The number of aryl methyl sites for hydroxylation is 1. The molecule has 0 fully saturated rings. The third-order valence-electron chi connectivity index (χ3n) is 6.30. The van der Waals surface area contributed by atoms with Crippen molar-refractivity contribution in [3.05, 3.63) is 90.8 Å². The number of hydrogen-bond donors (Lipinski definition) is 4. The average molecular weight is 576 g/mol. The number of hydrogen-bond acceptors (Lipinski definition) is 11. The minimum Gasteiger partial charge on any atom is -0.507 e. The van der Waals surface area contributed by atoms with E-state index in [1.165, 1.54) is 22.7 Å². The highest BCUT2D eigenvalue weighted by molar-refractivity contribution is 7.22. The number of rotatable bonds is 6. The van der Waals surface area contributed by atoms with Crippen molar-refractivity contribution >= 4 is 66.4 Å². The van der Waals surface area contributed by atoms with E-state index in [4.69, 9.17) is 0 Å². The summed E-state index contributed by atoms with van der Waals surface area (Å²) in [5.41, 5.74) is 4.38. The molecular formula is C30H21N7O2S2. The third-order valence-corrected chi connectivity index (χ3v) is 8.44. The van der Waals surface area contributed by atoms with Crippen LogP contribution < -0.4 is 10.6 Å². The zero-order valence-corrected chi connectivity index (χ0v) is 23.2. The molecular weight excluding hydrogens is 555 g/mol. The molecule has 4 aromatic carbocycles. The number of fused-ring (bicyclic) bond motifs is 2. The Hall–Kier alpha value is -5.13. The molecule has 7 rings (SSSR count). The van der Waals surface area contributed by atoms with Crippen LogP contribution in [0.4, 0.5) is 23.3 Å². The van der Waals surface area contributed by atoms with Crippen LogP contribution in [-0.2, 0) is 0 Å². The van der Waals surface area contributed by atoms with Crippen molar-refractivity contribution < 1.29 is 10.2 Å². The minimum absolute atomic E-state index is 0.139. The highest BCUT2D eigenvalue weighted by Gasteiger charge is 2.14. The smallest absolute Gasteiger partial charge is 0.232 e. The Morgan fingerprint density at radius 3 is 1.49 bits per heavy atom. The Bertz CT molecular complexity index is 1860. The van der Waals surface area contributed by atoms with Gasteiger partial charge in [0.05, 0.1) is 31.6 Å². The van der Waals surface area contributed by atoms with Crippen LogP contribution in [0.3, 0.4) is 0 Å². The fraction of sp³-hybridized carbons (Fsp3) is 0.0333. The normalized spacial score (nSPS) is 11.2. The lowest BCUT2D eigenvalue weighted by Crippen LogP contribution is -2.05. The van der Waals surface area contributed by atoms with Gasteiger partial charge in [-0.1, -0.05) is 24.3 Å². The summed E-state index contributed by atoms with van der Waals surface area (Å²) in [6.45, 7) is 1.78. The number of thiazole rings is 2. The summed E-state index contributed by atoms with van der Waals surface area (Å²) in [5, 5.41) is 29.0. The van der Waals surface area contributed by atoms with Gasteiger partial charge in [-0.2, -0.15) is 15.0 Å².